The number of nitrogens with zero attached hydrogens (tertiary/aromatic N) is 1. The average molecular weight is 465 g/mol. The predicted octanol–water partition coefficient (Wildman–Crippen LogP) is 3.76. The zero-order valence-corrected chi connectivity index (χ0v) is 19.9. The molecule has 0 radical (unpaired) electrons. The van der Waals surface area contributed by atoms with Crippen LogP contribution < -0.4 is 5.32 Å². The van der Waals surface area contributed by atoms with Gasteiger partial charge in [0.15, 0.2) is 6.10 Å². The van der Waals surface area contributed by atoms with E-state index in [1.807, 2.05) is 6.07 Å². The number of esters is 1. The fourth-order valence-corrected chi connectivity index (χ4v) is 5.45. The van der Waals surface area contributed by atoms with Crippen LogP contribution in [-0.4, -0.2) is 44.8 Å². The van der Waals surface area contributed by atoms with Gasteiger partial charge in [-0.2, -0.15) is 0 Å². The largest absolute Gasteiger partial charge is 0.448 e. The van der Waals surface area contributed by atoms with Gasteiger partial charge in [0.05, 0.1) is 4.90 Å². The first kappa shape index (κ1) is 23.4. The Balaban J connectivity index is 1.69. The Labute approximate surface area is 187 Å². The van der Waals surface area contributed by atoms with Crippen molar-refractivity contribution >= 4 is 38.9 Å². The Morgan fingerprint density at radius 2 is 1.84 bits per heavy atom. The topological polar surface area (TPSA) is 92.8 Å². The van der Waals surface area contributed by atoms with Crippen molar-refractivity contribution < 1.29 is 22.7 Å². The number of benzene rings is 1. The maximum Gasteiger partial charge on any atom is 0.349 e. The number of carbonyl (C=O) groups is 2. The van der Waals surface area contributed by atoms with Gasteiger partial charge in [-0.3, -0.25) is 4.79 Å². The van der Waals surface area contributed by atoms with Gasteiger partial charge in [-0.05, 0) is 68.9 Å². The molecular formula is C22H28N2O5S2. The van der Waals surface area contributed by atoms with Gasteiger partial charge in [-0.1, -0.05) is 12.5 Å². The molecule has 7 nitrogen and oxygen atoms in total. The van der Waals surface area contributed by atoms with Crippen LogP contribution in [0.2, 0.25) is 0 Å². The van der Waals surface area contributed by atoms with Crippen molar-refractivity contribution in [3.63, 3.8) is 0 Å². The van der Waals surface area contributed by atoms with Crippen LogP contribution in [0.25, 0.3) is 0 Å². The molecule has 0 saturated heterocycles. The van der Waals surface area contributed by atoms with Gasteiger partial charge in [0.2, 0.25) is 10.0 Å². The number of aryl methyl sites for hydroxylation is 3. The van der Waals surface area contributed by atoms with Gasteiger partial charge < -0.3 is 10.1 Å². The molecule has 168 valence electrons. The van der Waals surface area contributed by atoms with Crippen LogP contribution in [0, 0.1) is 6.92 Å². The molecule has 0 aliphatic heterocycles. The Morgan fingerprint density at radius 3 is 2.55 bits per heavy atom. The lowest BCUT2D eigenvalue weighted by Gasteiger charge is -2.16. The Bertz CT molecular complexity index is 1070. The zero-order chi connectivity index (χ0) is 22.8. The molecule has 1 amide bonds. The number of nitrogens with one attached hydrogen (secondary N) is 1. The molecule has 9 heteroatoms. The van der Waals surface area contributed by atoms with E-state index in [2.05, 4.69) is 5.32 Å². The van der Waals surface area contributed by atoms with E-state index in [1.165, 1.54) is 61.4 Å². The summed E-state index contributed by atoms with van der Waals surface area (Å²) in [7, 11) is -0.746. The maximum atomic E-state index is 12.6. The van der Waals surface area contributed by atoms with Gasteiger partial charge in [-0.15, -0.1) is 11.3 Å². The molecule has 1 heterocycles. The predicted molar refractivity (Wildman–Crippen MR) is 121 cm³/mol. The minimum Gasteiger partial charge on any atom is -0.448 e. The van der Waals surface area contributed by atoms with E-state index in [0.29, 0.717) is 16.1 Å². The van der Waals surface area contributed by atoms with Crippen LogP contribution in [0.1, 0.15) is 51.9 Å². The van der Waals surface area contributed by atoms with Crippen molar-refractivity contribution in [2.45, 2.75) is 57.0 Å². The summed E-state index contributed by atoms with van der Waals surface area (Å²) < 4.78 is 31.2. The Hall–Kier alpha value is -2.23. The summed E-state index contributed by atoms with van der Waals surface area (Å²) in [6.07, 6.45) is 4.38. The van der Waals surface area contributed by atoms with Gasteiger partial charge >= 0.3 is 5.97 Å². The molecule has 1 atom stereocenters. The first-order valence-electron chi connectivity index (χ1n) is 10.3. The van der Waals surface area contributed by atoms with E-state index in [9.17, 15) is 18.0 Å². The number of ether oxygens (including phenoxy) is 1. The molecule has 0 bridgehead atoms. The average Bonchev–Trinajstić information content (AvgIpc) is 3.00. The highest BCUT2D eigenvalue weighted by Crippen LogP contribution is 2.29. The molecular weight excluding hydrogens is 436 g/mol. The maximum absolute atomic E-state index is 12.6. The zero-order valence-electron chi connectivity index (χ0n) is 18.2. The van der Waals surface area contributed by atoms with Crippen LogP contribution in [0.3, 0.4) is 0 Å². The van der Waals surface area contributed by atoms with Gasteiger partial charge in [0, 0.05) is 24.7 Å². The number of hydrogen-bond acceptors (Lipinski definition) is 6. The van der Waals surface area contributed by atoms with Crippen molar-refractivity contribution in [2.75, 3.05) is 19.4 Å². The molecule has 0 fully saturated rings. The third-order valence-electron chi connectivity index (χ3n) is 5.35. The quantitative estimate of drug-likeness (QED) is 0.519. The first-order chi connectivity index (χ1) is 14.6. The highest BCUT2D eigenvalue weighted by atomic mass is 32.2. The number of anilines is 1. The van der Waals surface area contributed by atoms with Crippen LogP contribution in [0.15, 0.2) is 29.2 Å². The fraction of sp³-hybridized carbons (Fsp3) is 0.455. The minimum absolute atomic E-state index is 0.0723. The number of rotatable bonds is 6. The van der Waals surface area contributed by atoms with Crippen molar-refractivity contribution in [3.8, 4) is 0 Å². The van der Waals surface area contributed by atoms with Crippen LogP contribution in [-0.2, 0) is 32.4 Å². The van der Waals surface area contributed by atoms with Crippen molar-refractivity contribution in [1.82, 2.24) is 4.31 Å². The number of carbonyl (C=O) groups excluding carboxylic acids is 2. The number of thiophene rings is 1. The van der Waals surface area contributed by atoms with E-state index >= 15 is 0 Å². The summed E-state index contributed by atoms with van der Waals surface area (Å²) >= 11 is 1.45. The second-order valence-corrected chi connectivity index (χ2v) is 11.2. The van der Waals surface area contributed by atoms with Crippen molar-refractivity contribution in [3.05, 3.63) is 45.1 Å². The van der Waals surface area contributed by atoms with E-state index < -0.39 is 28.0 Å². The lowest BCUT2D eigenvalue weighted by molar-refractivity contribution is -0.123. The monoisotopic (exact) mass is 464 g/mol. The van der Waals surface area contributed by atoms with Gasteiger partial charge in [-0.25, -0.2) is 17.5 Å². The van der Waals surface area contributed by atoms with Crippen molar-refractivity contribution in [2.24, 2.45) is 0 Å². The Kier molecular flexibility index (Phi) is 7.18. The standard InChI is InChI=1S/C22H28N2O5S2/c1-14-10-11-17(31(27,28)24(3)4)13-18(14)23-21(25)15(2)29-22(26)20-12-16-8-6-5-7-9-19(16)30-20/h10-13,15H,5-9H2,1-4H3,(H,23,25)/t15-/m1/s1. The van der Waals surface area contributed by atoms with E-state index in [4.69, 9.17) is 4.74 Å². The summed E-state index contributed by atoms with van der Waals surface area (Å²) in [5.74, 6) is -1.03. The molecule has 1 aromatic carbocycles. The second kappa shape index (κ2) is 9.50. The second-order valence-electron chi connectivity index (χ2n) is 7.92. The molecule has 3 rings (SSSR count). The molecule has 1 N–H and O–H groups in total. The normalized spacial score (nSPS) is 15.1. The SMILES string of the molecule is Cc1ccc(S(=O)(=O)N(C)C)cc1NC(=O)[C@@H](C)OC(=O)c1cc2c(s1)CCCCC2. The van der Waals surface area contributed by atoms with Crippen LogP contribution in [0.4, 0.5) is 5.69 Å². The molecule has 0 saturated carbocycles. The molecule has 1 aliphatic carbocycles. The highest BCUT2D eigenvalue weighted by Gasteiger charge is 2.24. The summed E-state index contributed by atoms with van der Waals surface area (Å²) in [5, 5.41) is 2.68. The third kappa shape index (κ3) is 5.34. The number of amides is 1. The molecule has 1 aromatic heterocycles. The number of sulfonamides is 1. The molecule has 2 aromatic rings. The molecule has 1 aliphatic rings. The van der Waals surface area contributed by atoms with Gasteiger partial charge in [0.25, 0.3) is 5.91 Å². The number of fused-ring (bicyclic) bond motifs is 1. The van der Waals surface area contributed by atoms with Gasteiger partial charge in [0.1, 0.15) is 4.88 Å². The van der Waals surface area contributed by atoms with E-state index in [0.717, 1.165) is 30.0 Å². The fourth-order valence-electron chi connectivity index (χ4n) is 3.38. The summed E-state index contributed by atoms with van der Waals surface area (Å²) in [6.45, 7) is 3.26. The van der Waals surface area contributed by atoms with Crippen LogP contribution >= 0.6 is 11.3 Å². The first-order valence-corrected chi connectivity index (χ1v) is 12.5. The lowest BCUT2D eigenvalue weighted by atomic mass is 10.1. The van der Waals surface area contributed by atoms with E-state index in [1.54, 1.807) is 13.0 Å². The summed E-state index contributed by atoms with van der Waals surface area (Å²) in [5.41, 5.74) is 2.27. The highest BCUT2D eigenvalue weighted by molar-refractivity contribution is 7.89. The van der Waals surface area contributed by atoms with Crippen molar-refractivity contribution in [1.29, 1.82) is 0 Å². The van der Waals surface area contributed by atoms with Crippen LogP contribution in [0.5, 0.6) is 0 Å². The molecule has 0 spiro atoms. The number of hydrogen-bond donors (Lipinski definition) is 1. The Morgan fingerprint density at radius 1 is 1.13 bits per heavy atom. The molecule has 31 heavy (non-hydrogen) atoms. The third-order valence-corrected chi connectivity index (χ3v) is 8.37. The minimum atomic E-state index is -3.63. The summed E-state index contributed by atoms with van der Waals surface area (Å²) in [6, 6.07) is 6.41. The van der Waals surface area contributed by atoms with E-state index in [-0.39, 0.29) is 4.90 Å². The summed E-state index contributed by atoms with van der Waals surface area (Å²) in [4.78, 5) is 27.0. The smallest absolute Gasteiger partial charge is 0.349 e. The lowest BCUT2D eigenvalue weighted by Crippen LogP contribution is -2.30. The molecule has 0 unspecified atom stereocenters.